The number of fused-ring (bicyclic) bond motifs is 2. The number of nitrogens with zero attached hydrogens (tertiary/aromatic N) is 2. The summed E-state index contributed by atoms with van der Waals surface area (Å²) in [6, 6.07) is 26.1. The highest BCUT2D eigenvalue weighted by molar-refractivity contribution is 6.11. The Morgan fingerprint density at radius 2 is 1.57 bits per heavy atom. The molecule has 2 heterocycles. The van der Waals surface area contributed by atoms with Crippen LogP contribution >= 0.6 is 0 Å². The summed E-state index contributed by atoms with van der Waals surface area (Å²) in [5, 5.41) is 2.64. The van der Waals surface area contributed by atoms with Crippen molar-refractivity contribution in [2.45, 2.75) is 13.5 Å². The van der Waals surface area contributed by atoms with Gasteiger partial charge in [-0.1, -0.05) is 66.2 Å². The van der Waals surface area contributed by atoms with E-state index < -0.39 is 0 Å². The van der Waals surface area contributed by atoms with Crippen LogP contribution < -0.4 is 5.43 Å². The lowest BCUT2D eigenvalue weighted by molar-refractivity contribution is 0.0815. The molecule has 0 saturated heterocycles. The van der Waals surface area contributed by atoms with Gasteiger partial charge in [-0.25, -0.2) is 9.99 Å². The molecule has 1 amide bonds. The van der Waals surface area contributed by atoms with Gasteiger partial charge in [-0.2, -0.15) is 0 Å². The van der Waals surface area contributed by atoms with E-state index in [1.54, 1.807) is 5.01 Å². The number of pyridine rings is 1. The lowest BCUT2D eigenvalue weighted by Crippen LogP contribution is -2.30. The quantitative estimate of drug-likeness (QED) is 0.543. The minimum Gasteiger partial charge on any atom is -0.295 e. The van der Waals surface area contributed by atoms with Crippen molar-refractivity contribution in [3.05, 3.63) is 95.7 Å². The van der Waals surface area contributed by atoms with Gasteiger partial charge in [-0.3, -0.25) is 10.2 Å². The van der Waals surface area contributed by atoms with Crippen molar-refractivity contribution >= 4 is 22.5 Å². The van der Waals surface area contributed by atoms with E-state index in [0.29, 0.717) is 12.1 Å². The highest BCUT2D eigenvalue weighted by Crippen LogP contribution is 2.37. The Bertz CT molecular complexity index is 1180. The zero-order valence-corrected chi connectivity index (χ0v) is 15.5. The molecule has 0 atom stereocenters. The number of hydrogen-bond donors (Lipinski definition) is 1. The first-order chi connectivity index (χ1) is 13.7. The van der Waals surface area contributed by atoms with E-state index in [2.05, 4.69) is 5.43 Å². The molecular formula is C24H19N3O. The van der Waals surface area contributed by atoms with Gasteiger partial charge in [-0.05, 0) is 30.7 Å². The van der Waals surface area contributed by atoms with Crippen LogP contribution in [-0.2, 0) is 6.54 Å². The van der Waals surface area contributed by atoms with E-state index in [4.69, 9.17) is 4.98 Å². The monoisotopic (exact) mass is 365 g/mol. The molecule has 1 aliphatic rings. The molecule has 0 radical (unpaired) electrons. The molecule has 0 aliphatic carbocycles. The zero-order chi connectivity index (χ0) is 19.1. The second-order valence-electron chi connectivity index (χ2n) is 7.06. The number of anilines is 1. The molecule has 136 valence electrons. The average Bonchev–Trinajstić information content (AvgIpc) is 3.03. The fraction of sp³-hybridized carbons (Fsp3) is 0.0833. The molecule has 4 aromatic rings. The van der Waals surface area contributed by atoms with Crippen LogP contribution in [0.15, 0.2) is 78.9 Å². The van der Waals surface area contributed by atoms with Crippen molar-refractivity contribution in [2.75, 3.05) is 5.43 Å². The summed E-state index contributed by atoms with van der Waals surface area (Å²) in [5.74, 6) is -0.0484. The molecule has 0 saturated carbocycles. The third-order valence-electron chi connectivity index (χ3n) is 5.11. The Hall–Kier alpha value is -3.66. The molecule has 3 aromatic carbocycles. The van der Waals surface area contributed by atoms with Gasteiger partial charge in [0.1, 0.15) is 0 Å². The topological polar surface area (TPSA) is 45.2 Å². The summed E-state index contributed by atoms with van der Waals surface area (Å²) in [6.45, 7) is 2.48. The molecule has 1 aliphatic heterocycles. The Morgan fingerprint density at radius 3 is 2.36 bits per heavy atom. The van der Waals surface area contributed by atoms with E-state index in [-0.39, 0.29) is 5.91 Å². The summed E-state index contributed by atoms with van der Waals surface area (Å²) >= 11 is 0. The molecule has 0 bridgehead atoms. The number of nitrogens with one attached hydrogen (secondary N) is 1. The number of hydrazine groups is 1. The average molecular weight is 365 g/mol. The summed E-state index contributed by atoms with van der Waals surface area (Å²) in [7, 11) is 0. The van der Waals surface area contributed by atoms with E-state index in [1.165, 1.54) is 5.56 Å². The number of rotatable bonds is 3. The fourth-order valence-electron chi connectivity index (χ4n) is 3.74. The van der Waals surface area contributed by atoms with Crippen LogP contribution in [0, 0.1) is 6.92 Å². The fourth-order valence-corrected chi connectivity index (χ4v) is 3.74. The van der Waals surface area contributed by atoms with E-state index >= 15 is 0 Å². The molecule has 1 aromatic heterocycles. The van der Waals surface area contributed by atoms with Gasteiger partial charge in [0.15, 0.2) is 0 Å². The Kier molecular flexibility index (Phi) is 3.83. The maximum Gasteiger partial charge on any atom is 0.275 e. The van der Waals surface area contributed by atoms with Gasteiger partial charge >= 0.3 is 0 Å². The van der Waals surface area contributed by atoms with Crippen molar-refractivity contribution in [3.63, 3.8) is 0 Å². The third-order valence-corrected chi connectivity index (χ3v) is 5.11. The van der Waals surface area contributed by atoms with E-state index in [0.717, 1.165) is 33.4 Å². The van der Waals surface area contributed by atoms with Gasteiger partial charge in [0.25, 0.3) is 5.91 Å². The predicted molar refractivity (Wildman–Crippen MR) is 112 cm³/mol. The number of carbonyl (C=O) groups excluding carboxylic acids is 1. The SMILES string of the molecule is Cc1ccc(NN2Cc3nc4ccccc4c(-c4ccccc4)c3C2=O)cc1. The highest BCUT2D eigenvalue weighted by atomic mass is 16.2. The van der Waals surface area contributed by atoms with Gasteiger partial charge in [0, 0.05) is 10.9 Å². The van der Waals surface area contributed by atoms with Crippen LogP contribution in [-0.4, -0.2) is 15.9 Å². The number of aromatic nitrogens is 1. The number of para-hydroxylation sites is 1. The van der Waals surface area contributed by atoms with Crippen molar-refractivity contribution in [2.24, 2.45) is 0 Å². The number of carbonyl (C=O) groups is 1. The van der Waals surface area contributed by atoms with Crippen LogP contribution in [0.5, 0.6) is 0 Å². The van der Waals surface area contributed by atoms with Crippen molar-refractivity contribution in [1.82, 2.24) is 9.99 Å². The second kappa shape index (κ2) is 6.50. The van der Waals surface area contributed by atoms with Crippen LogP contribution in [0.3, 0.4) is 0 Å². The van der Waals surface area contributed by atoms with E-state index in [9.17, 15) is 4.79 Å². The van der Waals surface area contributed by atoms with Crippen molar-refractivity contribution < 1.29 is 4.79 Å². The number of benzene rings is 3. The van der Waals surface area contributed by atoms with Gasteiger partial charge in [-0.15, -0.1) is 0 Å². The third kappa shape index (κ3) is 2.70. The smallest absolute Gasteiger partial charge is 0.275 e. The number of amides is 1. The molecule has 28 heavy (non-hydrogen) atoms. The molecule has 0 fully saturated rings. The minimum absolute atomic E-state index is 0.0484. The van der Waals surface area contributed by atoms with Gasteiger partial charge in [0.05, 0.1) is 29.0 Å². The van der Waals surface area contributed by atoms with Crippen LogP contribution in [0.1, 0.15) is 21.6 Å². The lowest BCUT2D eigenvalue weighted by Gasteiger charge is -2.18. The Balaban J connectivity index is 1.64. The molecule has 5 rings (SSSR count). The summed E-state index contributed by atoms with van der Waals surface area (Å²) in [5.41, 5.74) is 9.70. The second-order valence-corrected chi connectivity index (χ2v) is 7.06. The lowest BCUT2D eigenvalue weighted by atomic mass is 9.95. The Morgan fingerprint density at radius 1 is 0.857 bits per heavy atom. The summed E-state index contributed by atoms with van der Waals surface area (Å²) < 4.78 is 0. The molecule has 4 nitrogen and oxygen atoms in total. The van der Waals surface area contributed by atoms with Crippen LogP contribution in [0.25, 0.3) is 22.0 Å². The highest BCUT2D eigenvalue weighted by Gasteiger charge is 2.33. The standard InChI is InChI=1S/C24H19N3O/c1-16-11-13-18(14-12-16)26-27-15-21-23(24(27)28)22(17-7-3-2-4-8-17)19-9-5-6-10-20(19)25-21/h2-14,26H,15H2,1H3. The van der Waals surface area contributed by atoms with Gasteiger partial charge < -0.3 is 0 Å². The Labute approximate surface area is 163 Å². The number of aryl methyl sites for hydroxylation is 1. The normalized spacial score (nSPS) is 13.0. The first kappa shape index (κ1) is 16.5. The maximum atomic E-state index is 13.3. The molecule has 0 spiro atoms. The summed E-state index contributed by atoms with van der Waals surface area (Å²) in [4.78, 5) is 18.1. The molecular weight excluding hydrogens is 346 g/mol. The van der Waals surface area contributed by atoms with Crippen molar-refractivity contribution in [3.8, 4) is 11.1 Å². The largest absolute Gasteiger partial charge is 0.295 e. The molecule has 4 heteroatoms. The zero-order valence-electron chi connectivity index (χ0n) is 15.5. The van der Waals surface area contributed by atoms with E-state index in [1.807, 2.05) is 85.8 Å². The first-order valence-corrected chi connectivity index (χ1v) is 9.33. The number of hydrogen-bond acceptors (Lipinski definition) is 3. The molecule has 0 unspecified atom stereocenters. The minimum atomic E-state index is -0.0484. The van der Waals surface area contributed by atoms with Crippen LogP contribution in [0.4, 0.5) is 5.69 Å². The maximum absolute atomic E-state index is 13.3. The van der Waals surface area contributed by atoms with Gasteiger partial charge in [0.2, 0.25) is 0 Å². The van der Waals surface area contributed by atoms with Crippen LogP contribution in [0.2, 0.25) is 0 Å². The summed E-state index contributed by atoms with van der Waals surface area (Å²) in [6.07, 6.45) is 0. The first-order valence-electron chi connectivity index (χ1n) is 9.33. The van der Waals surface area contributed by atoms with Crippen molar-refractivity contribution in [1.29, 1.82) is 0 Å². The molecule has 1 N–H and O–H groups in total. The predicted octanol–water partition coefficient (Wildman–Crippen LogP) is 5.19.